The zero-order valence-corrected chi connectivity index (χ0v) is 23.2. The van der Waals surface area contributed by atoms with Gasteiger partial charge in [-0.1, -0.05) is 75.8 Å². The number of cyclic esters (lactones) is 1. The van der Waals surface area contributed by atoms with Gasteiger partial charge in [-0.25, -0.2) is 0 Å². The molecular weight excluding hydrogens is 508 g/mol. The van der Waals surface area contributed by atoms with Gasteiger partial charge in [0.15, 0.2) is 0 Å². The number of ether oxygens (including phenoxy) is 2. The minimum atomic E-state index is -1.39. The van der Waals surface area contributed by atoms with Crippen LogP contribution in [0, 0.1) is 17.8 Å². The second-order valence-corrected chi connectivity index (χ2v) is 11.4. The molecule has 2 aromatic carbocycles. The normalized spacial score (nSPS) is 32.8. The van der Waals surface area contributed by atoms with Gasteiger partial charge in [-0.2, -0.15) is 0 Å². The molecule has 4 heterocycles. The molecule has 210 valence electrons. The van der Waals surface area contributed by atoms with Crippen molar-refractivity contribution in [2.45, 2.75) is 56.9 Å². The van der Waals surface area contributed by atoms with Crippen LogP contribution in [-0.4, -0.2) is 70.8 Å². The number of rotatable bonds is 6. The first kappa shape index (κ1) is 26.7. The maximum Gasteiger partial charge on any atom is 0.313 e. The van der Waals surface area contributed by atoms with Crippen LogP contribution < -0.4 is 4.90 Å². The van der Waals surface area contributed by atoms with Gasteiger partial charge in [0, 0.05) is 12.2 Å². The Bertz CT molecular complexity index is 1420. The first-order valence-electron chi connectivity index (χ1n) is 14.3. The molecule has 2 amide bonds. The monoisotopic (exact) mass is 544 g/mol. The summed E-state index contributed by atoms with van der Waals surface area (Å²) in [5, 5.41) is 12.6. The Labute approximate surface area is 234 Å². The Kier molecular flexibility index (Phi) is 6.58. The third kappa shape index (κ3) is 3.69. The van der Waals surface area contributed by atoms with Crippen LogP contribution in [0.4, 0.5) is 5.69 Å². The van der Waals surface area contributed by atoms with Crippen molar-refractivity contribution in [3.8, 4) is 0 Å². The maximum absolute atomic E-state index is 14.7. The van der Waals surface area contributed by atoms with Gasteiger partial charge in [0.2, 0.25) is 5.91 Å². The number of esters is 1. The highest BCUT2D eigenvalue weighted by molar-refractivity contribution is 6.06. The molecule has 8 nitrogen and oxygen atoms in total. The molecule has 0 aliphatic carbocycles. The van der Waals surface area contributed by atoms with E-state index in [1.54, 1.807) is 11.0 Å². The number of nitrogens with zero attached hydrogens (tertiary/aromatic N) is 2. The second kappa shape index (κ2) is 9.85. The molecule has 0 saturated carbocycles. The van der Waals surface area contributed by atoms with Crippen molar-refractivity contribution in [3.63, 3.8) is 0 Å². The highest BCUT2D eigenvalue weighted by Gasteiger charge is 2.76. The van der Waals surface area contributed by atoms with Crippen molar-refractivity contribution in [1.82, 2.24) is 4.90 Å². The van der Waals surface area contributed by atoms with E-state index in [1.165, 1.54) is 4.90 Å². The molecule has 8 heteroatoms. The summed E-state index contributed by atoms with van der Waals surface area (Å²) < 4.78 is 12.4. The fourth-order valence-corrected chi connectivity index (χ4v) is 7.28. The van der Waals surface area contributed by atoms with Crippen molar-refractivity contribution in [1.29, 1.82) is 0 Å². The summed E-state index contributed by atoms with van der Waals surface area (Å²) in [5.74, 6) is -3.09. The summed E-state index contributed by atoms with van der Waals surface area (Å²) in [6.07, 6.45) is 8.44. The van der Waals surface area contributed by atoms with E-state index in [0.29, 0.717) is 18.5 Å². The SMILES string of the molecule is CC[C@H](C)[C@H](CO)N1C(=O)[C@@H]2[C@H]3C(=O)OCC=C[C@@]3(CC)O[C@@]23C=CCN(c2ccc4ccccc4c2)C(=O)C13. The van der Waals surface area contributed by atoms with Crippen LogP contribution in [0.5, 0.6) is 0 Å². The molecule has 7 atom stereocenters. The van der Waals surface area contributed by atoms with Gasteiger partial charge >= 0.3 is 5.97 Å². The van der Waals surface area contributed by atoms with E-state index < -0.39 is 41.1 Å². The highest BCUT2D eigenvalue weighted by atomic mass is 16.6. The Morgan fingerprint density at radius 1 is 1.00 bits per heavy atom. The Hall–Kier alpha value is -3.49. The van der Waals surface area contributed by atoms with Crippen LogP contribution in [-0.2, 0) is 23.9 Å². The fourth-order valence-electron chi connectivity index (χ4n) is 7.28. The summed E-state index contributed by atoms with van der Waals surface area (Å²) in [6, 6.07) is 12.1. The van der Waals surface area contributed by atoms with Gasteiger partial charge in [0.25, 0.3) is 5.91 Å². The number of carbonyl (C=O) groups is 3. The minimum Gasteiger partial charge on any atom is -0.461 e. The Morgan fingerprint density at radius 3 is 2.50 bits per heavy atom. The number of anilines is 1. The molecular formula is C32H36N2O6. The number of benzene rings is 2. The zero-order chi connectivity index (χ0) is 28.2. The standard InChI is InChI=1S/C32H36N2O6/c1-4-20(3)24(19-35)34-27-29(37)33(23-13-12-21-10-6-7-11-22(21)18-23)16-8-15-32(27)25(28(34)36)26-30(38)39-17-9-14-31(26,5-2)40-32/h6-15,18,20,24-27,35H,4-5,16-17,19H2,1-3H3/t20-,24-,25-,26-,27?,31+,32-/m0/s1. The quantitative estimate of drug-likeness (QED) is 0.441. The van der Waals surface area contributed by atoms with Crippen molar-refractivity contribution in [2.24, 2.45) is 17.8 Å². The lowest BCUT2D eigenvalue weighted by Gasteiger charge is -2.42. The lowest BCUT2D eigenvalue weighted by atomic mass is 9.73. The van der Waals surface area contributed by atoms with Gasteiger partial charge < -0.3 is 24.4 Å². The Balaban J connectivity index is 1.53. The molecule has 6 rings (SSSR count). The smallest absolute Gasteiger partial charge is 0.313 e. The summed E-state index contributed by atoms with van der Waals surface area (Å²) in [7, 11) is 0. The van der Waals surface area contributed by atoms with E-state index in [0.717, 1.165) is 10.8 Å². The molecule has 0 radical (unpaired) electrons. The number of likely N-dealkylation sites (tertiary alicyclic amines) is 1. The van der Waals surface area contributed by atoms with Gasteiger partial charge in [0.05, 0.1) is 18.6 Å². The predicted octanol–water partition coefficient (Wildman–Crippen LogP) is 3.62. The van der Waals surface area contributed by atoms with Crippen LogP contribution in [0.2, 0.25) is 0 Å². The number of amides is 2. The van der Waals surface area contributed by atoms with Crippen LogP contribution in [0.3, 0.4) is 0 Å². The first-order valence-corrected chi connectivity index (χ1v) is 14.3. The molecule has 1 unspecified atom stereocenters. The summed E-state index contributed by atoms with van der Waals surface area (Å²) in [5.41, 5.74) is -1.75. The van der Waals surface area contributed by atoms with E-state index in [-0.39, 0.29) is 37.5 Å². The number of carbonyl (C=O) groups excluding carboxylic acids is 3. The van der Waals surface area contributed by atoms with E-state index in [4.69, 9.17) is 9.47 Å². The molecule has 2 aromatic rings. The number of aliphatic hydroxyl groups excluding tert-OH is 1. The number of aliphatic hydroxyl groups is 1. The van der Waals surface area contributed by atoms with Crippen LogP contribution in [0.15, 0.2) is 66.8 Å². The lowest BCUT2D eigenvalue weighted by molar-refractivity contribution is -0.159. The zero-order valence-electron chi connectivity index (χ0n) is 23.2. The molecule has 4 aliphatic rings. The largest absolute Gasteiger partial charge is 0.461 e. The molecule has 1 N–H and O–H groups in total. The predicted molar refractivity (Wildman–Crippen MR) is 150 cm³/mol. The molecule has 1 spiro atoms. The van der Waals surface area contributed by atoms with Gasteiger partial charge in [-0.05, 0) is 41.3 Å². The molecule has 2 saturated heterocycles. The van der Waals surface area contributed by atoms with Gasteiger partial charge in [-0.15, -0.1) is 0 Å². The van der Waals surface area contributed by atoms with Crippen LogP contribution >= 0.6 is 0 Å². The summed E-state index contributed by atoms with van der Waals surface area (Å²) in [6.45, 7) is 5.97. The van der Waals surface area contributed by atoms with Crippen molar-refractivity contribution in [2.75, 3.05) is 24.7 Å². The summed E-state index contributed by atoms with van der Waals surface area (Å²) >= 11 is 0. The third-order valence-corrected chi connectivity index (χ3v) is 9.52. The van der Waals surface area contributed by atoms with E-state index in [9.17, 15) is 19.5 Å². The maximum atomic E-state index is 14.7. The highest BCUT2D eigenvalue weighted by Crippen LogP contribution is 2.59. The van der Waals surface area contributed by atoms with E-state index in [2.05, 4.69) is 0 Å². The van der Waals surface area contributed by atoms with Crippen molar-refractivity contribution >= 4 is 34.2 Å². The average Bonchev–Trinajstić information content (AvgIpc) is 3.25. The van der Waals surface area contributed by atoms with Gasteiger partial charge in [0.1, 0.15) is 29.8 Å². The minimum absolute atomic E-state index is 0.0871. The number of hydrogen-bond acceptors (Lipinski definition) is 6. The first-order chi connectivity index (χ1) is 19.3. The molecule has 2 fully saturated rings. The summed E-state index contributed by atoms with van der Waals surface area (Å²) in [4.78, 5) is 45.9. The number of fused-ring (bicyclic) bond motifs is 3. The molecule has 40 heavy (non-hydrogen) atoms. The fraction of sp³-hybridized carbons (Fsp3) is 0.469. The Morgan fingerprint density at radius 2 is 1.77 bits per heavy atom. The van der Waals surface area contributed by atoms with Crippen molar-refractivity contribution < 1.29 is 29.0 Å². The molecule has 0 bridgehead atoms. The van der Waals surface area contributed by atoms with E-state index in [1.807, 2.05) is 81.5 Å². The second-order valence-electron chi connectivity index (χ2n) is 11.4. The average molecular weight is 545 g/mol. The third-order valence-electron chi connectivity index (χ3n) is 9.52. The van der Waals surface area contributed by atoms with Crippen molar-refractivity contribution in [3.05, 3.63) is 66.8 Å². The molecule has 4 aliphatic heterocycles. The van der Waals surface area contributed by atoms with Crippen LogP contribution in [0.1, 0.15) is 33.6 Å². The van der Waals surface area contributed by atoms with Gasteiger partial charge in [-0.3, -0.25) is 14.4 Å². The van der Waals surface area contributed by atoms with Crippen LogP contribution in [0.25, 0.3) is 10.8 Å². The number of hydrogen-bond donors (Lipinski definition) is 1. The topological polar surface area (TPSA) is 96.4 Å². The lowest BCUT2D eigenvalue weighted by Crippen LogP contribution is -2.60. The van der Waals surface area contributed by atoms with E-state index >= 15 is 0 Å². The molecule has 0 aromatic heterocycles.